The lowest BCUT2D eigenvalue weighted by atomic mass is 10.1. The molecule has 0 fully saturated rings. The van der Waals surface area contributed by atoms with Crippen molar-refractivity contribution in [3.8, 4) is 0 Å². The Balaban J connectivity index is 4.81. The van der Waals surface area contributed by atoms with Crippen LogP contribution in [0.4, 0.5) is 0 Å². The largest absolute Gasteiger partial charge is 0.480 e. The van der Waals surface area contributed by atoms with E-state index in [1.54, 1.807) is 0 Å². The van der Waals surface area contributed by atoms with Gasteiger partial charge in [0.05, 0.1) is 18.8 Å². The van der Waals surface area contributed by atoms with Gasteiger partial charge in [0.2, 0.25) is 11.8 Å². The number of hydrogen-bond donors (Lipinski definition) is 6. The average Bonchev–Trinajstić information content (AvgIpc) is 2.30. The number of nitrogens with two attached hydrogens (primary N) is 1. The van der Waals surface area contributed by atoms with Crippen LogP contribution in [0.5, 0.6) is 0 Å². The molecule has 7 N–H and O–H groups in total. The first-order valence-corrected chi connectivity index (χ1v) is 5.59. The lowest BCUT2D eigenvalue weighted by Crippen LogP contribution is -2.58. The highest BCUT2D eigenvalue weighted by Crippen LogP contribution is 1.98. The van der Waals surface area contributed by atoms with Gasteiger partial charge in [0, 0.05) is 0 Å². The third-order valence-corrected chi connectivity index (χ3v) is 2.31. The molecule has 0 aliphatic carbocycles. The van der Waals surface area contributed by atoms with Crippen molar-refractivity contribution in [2.24, 2.45) is 5.73 Å². The summed E-state index contributed by atoms with van der Waals surface area (Å²) < 4.78 is 0. The number of aliphatic carboxylic acids is 1. The Hall–Kier alpha value is -1.71. The van der Waals surface area contributed by atoms with Crippen LogP contribution >= 0.6 is 0 Å². The SMILES string of the molecule is C[C@@H](O)[C@H](NC(=O)[C@@H](NC(=O)CN)[C@@H](C)O)C(=O)O. The molecule has 0 saturated heterocycles. The summed E-state index contributed by atoms with van der Waals surface area (Å²) in [6, 6.07) is -2.89. The predicted molar refractivity (Wildman–Crippen MR) is 63.9 cm³/mol. The van der Waals surface area contributed by atoms with Crippen molar-refractivity contribution in [1.29, 1.82) is 0 Å². The molecule has 0 aliphatic heterocycles. The van der Waals surface area contributed by atoms with Gasteiger partial charge in [-0.1, -0.05) is 0 Å². The van der Waals surface area contributed by atoms with Gasteiger partial charge in [-0.05, 0) is 13.8 Å². The molecule has 2 amide bonds. The second-order valence-electron chi connectivity index (χ2n) is 4.06. The van der Waals surface area contributed by atoms with Gasteiger partial charge in [0.15, 0.2) is 6.04 Å². The number of aliphatic hydroxyl groups is 2. The van der Waals surface area contributed by atoms with Gasteiger partial charge in [0.25, 0.3) is 0 Å². The van der Waals surface area contributed by atoms with E-state index in [4.69, 9.17) is 10.8 Å². The van der Waals surface area contributed by atoms with Crippen LogP contribution in [0.1, 0.15) is 13.8 Å². The van der Waals surface area contributed by atoms with Gasteiger partial charge in [-0.15, -0.1) is 0 Å². The Bertz CT molecular complexity index is 344. The van der Waals surface area contributed by atoms with E-state index in [2.05, 4.69) is 5.32 Å². The van der Waals surface area contributed by atoms with Crippen LogP contribution in [0.3, 0.4) is 0 Å². The minimum Gasteiger partial charge on any atom is -0.480 e. The molecule has 0 rings (SSSR count). The first-order chi connectivity index (χ1) is 8.70. The van der Waals surface area contributed by atoms with E-state index in [0.717, 1.165) is 0 Å². The van der Waals surface area contributed by atoms with Crippen molar-refractivity contribution < 1.29 is 29.7 Å². The fourth-order valence-corrected chi connectivity index (χ4v) is 1.27. The predicted octanol–water partition coefficient (Wildman–Crippen LogP) is -3.24. The van der Waals surface area contributed by atoms with E-state index in [1.807, 2.05) is 5.32 Å². The molecule has 0 aliphatic rings. The molecule has 0 spiro atoms. The maximum absolute atomic E-state index is 11.8. The molecule has 0 aromatic rings. The second kappa shape index (κ2) is 7.67. The molecule has 0 radical (unpaired) electrons. The molecule has 19 heavy (non-hydrogen) atoms. The number of rotatable bonds is 7. The summed E-state index contributed by atoms with van der Waals surface area (Å²) in [6.45, 7) is 2.06. The van der Waals surface area contributed by atoms with E-state index in [-0.39, 0.29) is 6.54 Å². The van der Waals surface area contributed by atoms with E-state index < -0.39 is 42.1 Å². The zero-order valence-electron chi connectivity index (χ0n) is 10.7. The van der Waals surface area contributed by atoms with Gasteiger partial charge in [-0.2, -0.15) is 0 Å². The molecule has 9 heteroatoms. The van der Waals surface area contributed by atoms with Crippen LogP contribution in [0, 0.1) is 0 Å². The second-order valence-corrected chi connectivity index (χ2v) is 4.06. The van der Waals surface area contributed by atoms with Gasteiger partial charge < -0.3 is 31.7 Å². The van der Waals surface area contributed by atoms with Crippen LogP contribution in [0.25, 0.3) is 0 Å². The number of amides is 2. The summed E-state index contributed by atoms with van der Waals surface area (Å²) in [5.74, 6) is -3.03. The fourth-order valence-electron chi connectivity index (χ4n) is 1.27. The Labute approximate surface area is 109 Å². The van der Waals surface area contributed by atoms with Crippen molar-refractivity contribution in [3.05, 3.63) is 0 Å². The normalized spacial score (nSPS) is 16.9. The number of carbonyl (C=O) groups is 3. The maximum atomic E-state index is 11.8. The minimum absolute atomic E-state index is 0.380. The Kier molecular flexibility index (Phi) is 6.98. The number of aliphatic hydroxyl groups excluding tert-OH is 2. The number of carbonyl (C=O) groups excluding carboxylic acids is 2. The summed E-state index contributed by atoms with van der Waals surface area (Å²) in [5, 5.41) is 31.6. The van der Waals surface area contributed by atoms with Gasteiger partial charge >= 0.3 is 5.97 Å². The first kappa shape index (κ1) is 17.3. The first-order valence-electron chi connectivity index (χ1n) is 5.59. The summed E-state index contributed by atoms with van der Waals surface area (Å²) in [4.78, 5) is 33.6. The van der Waals surface area contributed by atoms with Crippen LogP contribution in [0.15, 0.2) is 0 Å². The molecule has 0 unspecified atom stereocenters. The highest BCUT2D eigenvalue weighted by atomic mass is 16.4. The lowest BCUT2D eigenvalue weighted by Gasteiger charge is -2.24. The molecule has 0 saturated carbocycles. The number of nitrogens with one attached hydrogen (secondary N) is 2. The van der Waals surface area contributed by atoms with Crippen molar-refractivity contribution in [2.75, 3.05) is 6.54 Å². The number of carboxylic acids is 1. The monoisotopic (exact) mass is 277 g/mol. The standard InChI is InChI=1S/C10H19N3O6/c1-4(14)7(12-6(16)3-11)9(17)13-8(5(2)15)10(18)19/h4-5,7-8,14-15H,3,11H2,1-2H3,(H,12,16)(H,13,17)(H,18,19)/t4-,5-,7+,8+/m1/s1. The highest BCUT2D eigenvalue weighted by Gasteiger charge is 2.31. The fraction of sp³-hybridized carbons (Fsp3) is 0.700. The van der Waals surface area contributed by atoms with E-state index in [1.165, 1.54) is 13.8 Å². The van der Waals surface area contributed by atoms with Gasteiger partial charge in [-0.25, -0.2) is 4.79 Å². The van der Waals surface area contributed by atoms with Crippen molar-refractivity contribution in [2.45, 2.75) is 38.1 Å². The summed E-state index contributed by atoms with van der Waals surface area (Å²) >= 11 is 0. The smallest absolute Gasteiger partial charge is 0.328 e. The number of carboxylic acid groups (broad SMARTS) is 1. The minimum atomic E-state index is -1.54. The van der Waals surface area contributed by atoms with E-state index in [9.17, 15) is 24.6 Å². The third-order valence-electron chi connectivity index (χ3n) is 2.31. The van der Waals surface area contributed by atoms with Gasteiger partial charge in [0.1, 0.15) is 6.04 Å². The highest BCUT2D eigenvalue weighted by molar-refractivity contribution is 5.91. The third kappa shape index (κ3) is 5.64. The van der Waals surface area contributed by atoms with Crippen molar-refractivity contribution in [1.82, 2.24) is 10.6 Å². The van der Waals surface area contributed by atoms with Crippen LogP contribution in [0.2, 0.25) is 0 Å². The Morgan fingerprint density at radius 3 is 1.84 bits per heavy atom. The molecule has 0 heterocycles. The molecule has 0 aromatic carbocycles. The number of hydrogen-bond acceptors (Lipinski definition) is 6. The molecule has 0 bridgehead atoms. The van der Waals surface area contributed by atoms with E-state index in [0.29, 0.717) is 0 Å². The topological polar surface area (TPSA) is 162 Å². The molecular formula is C10H19N3O6. The molecule has 4 atom stereocenters. The van der Waals surface area contributed by atoms with Crippen LogP contribution < -0.4 is 16.4 Å². The molecule has 110 valence electrons. The van der Waals surface area contributed by atoms with Crippen molar-refractivity contribution in [3.63, 3.8) is 0 Å². The molecule has 0 aromatic heterocycles. The maximum Gasteiger partial charge on any atom is 0.328 e. The lowest BCUT2D eigenvalue weighted by molar-refractivity contribution is -0.145. The molecular weight excluding hydrogens is 258 g/mol. The molecule has 9 nitrogen and oxygen atoms in total. The Morgan fingerprint density at radius 1 is 1.05 bits per heavy atom. The quantitative estimate of drug-likeness (QED) is 0.285. The Morgan fingerprint density at radius 2 is 1.53 bits per heavy atom. The van der Waals surface area contributed by atoms with Gasteiger partial charge in [-0.3, -0.25) is 9.59 Å². The van der Waals surface area contributed by atoms with Crippen LogP contribution in [-0.2, 0) is 14.4 Å². The van der Waals surface area contributed by atoms with Crippen LogP contribution in [-0.4, -0.2) is 63.9 Å². The zero-order valence-corrected chi connectivity index (χ0v) is 10.7. The summed E-state index contributed by atoms with van der Waals surface area (Å²) in [5.41, 5.74) is 5.06. The average molecular weight is 277 g/mol. The summed E-state index contributed by atoms with van der Waals surface area (Å²) in [7, 11) is 0. The van der Waals surface area contributed by atoms with Crippen molar-refractivity contribution >= 4 is 17.8 Å². The summed E-state index contributed by atoms with van der Waals surface area (Å²) in [6.07, 6.45) is -2.58. The zero-order chi connectivity index (χ0) is 15.2. The van der Waals surface area contributed by atoms with E-state index >= 15 is 0 Å².